The third kappa shape index (κ3) is 4.05. The van der Waals surface area contributed by atoms with Crippen molar-refractivity contribution in [3.8, 4) is 23.1 Å². The molecule has 10 nitrogen and oxygen atoms in total. The molecule has 0 radical (unpaired) electrons. The predicted molar refractivity (Wildman–Crippen MR) is 135 cm³/mol. The van der Waals surface area contributed by atoms with Crippen molar-refractivity contribution in [3.05, 3.63) is 92.8 Å². The normalized spacial score (nSPS) is 11.4. The molecule has 0 spiro atoms. The lowest BCUT2D eigenvalue weighted by atomic mass is 10.2. The fraction of sp³-hybridized carbons (Fsp3) is 0.115. The van der Waals surface area contributed by atoms with E-state index < -0.39 is 10.5 Å². The van der Waals surface area contributed by atoms with Crippen molar-refractivity contribution in [2.75, 3.05) is 13.7 Å². The Balaban J connectivity index is 1.70. The minimum Gasteiger partial charge on any atom is -0.493 e. The van der Waals surface area contributed by atoms with Crippen LogP contribution in [0.5, 0.6) is 11.5 Å². The molecule has 0 amide bonds. The van der Waals surface area contributed by atoms with Gasteiger partial charge in [-0.3, -0.25) is 14.9 Å². The van der Waals surface area contributed by atoms with Gasteiger partial charge in [0.15, 0.2) is 11.5 Å². The van der Waals surface area contributed by atoms with Crippen LogP contribution in [0, 0.1) is 10.1 Å². The van der Waals surface area contributed by atoms with Gasteiger partial charge in [0.05, 0.1) is 35.8 Å². The summed E-state index contributed by atoms with van der Waals surface area (Å²) in [5.41, 5.74) is 0.761. The van der Waals surface area contributed by atoms with Crippen LogP contribution in [0.1, 0.15) is 12.5 Å². The molecule has 0 saturated heterocycles. The van der Waals surface area contributed by atoms with Gasteiger partial charge < -0.3 is 13.9 Å². The van der Waals surface area contributed by atoms with Crippen LogP contribution in [0.25, 0.3) is 33.5 Å². The molecular weight excluding hydrogens is 464 g/mol. The molecule has 10 heteroatoms. The molecule has 0 aliphatic carbocycles. The number of furan rings is 1. The van der Waals surface area contributed by atoms with Gasteiger partial charge in [-0.25, -0.2) is 4.98 Å². The van der Waals surface area contributed by atoms with E-state index >= 15 is 0 Å². The van der Waals surface area contributed by atoms with Gasteiger partial charge in [0.25, 0.3) is 5.56 Å². The number of nitro benzene ring substituents is 1. The highest BCUT2D eigenvalue weighted by Crippen LogP contribution is 2.38. The van der Waals surface area contributed by atoms with E-state index in [1.54, 1.807) is 43.3 Å². The first-order valence-electron chi connectivity index (χ1n) is 11.0. The van der Waals surface area contributed by atoms with Crippen molar-refractivity contribution >= 4 is 33.8 Å². The quantitative estimate of drug-likeness (QED) is 0.181. The van der Waals surface area contributed by atoms with Crippen LogP contribution in [0.15, 0.2) is 81.0 Å². The summed E-state index contributed by atoms with van der Waals surface area (Å²) in [6, 6.07) is 19.0. The molecule has 0 fully saturated rings. The number of hydrogen-bond donors (Lipinski definition) is 0. The SMILES string of the molecule is CCOc1c(OC)cc(C=Nn2c(-c3cc4ccccc4o3)nc3ccccc3c2=O)cc1[N+](=O)[O-]. The molecule has 3 aromatic carbocycles. The highest BCUT2D eigenvalue weighted by atomic mass is 16.6. The van der Waals surface area contributed by atoms with Crippen LogP contribution < -0.4 is 15.0 Å². The lowest BCUT2D eigenvalue weighted by Crippen LogP contribution is -2.20. The standard InChI is InChI=1S/C26H20N4O6/c1-3-35-24-20(30(32)33)12-16(13-22(24)34-2)15-27-29-25(23-14-17-8-4-7-11-21(17)36-23)28-19-10-6-5-9-18(19)26(29)31/h4-15H,3H2,1-2H3. The molecule has 5 rings (SSSR count). The minimum absolute atomic E-state index is 0.0228. The van der Waals surface area contributed by atoms with Crippen LogP contribution in [-0.4, -0.2) is 34.5 Å². The van der Waals surface area contributed by atoms with Crippen LogP contribution >= 0.6 is 0 Å². The van der Waals surface area contributed by atoms with E-state index in [1.165, 1.54) is 19.4 Å². The van der Waals surface area contributed by atoms with Crippen LogP contribution in [0.3, 0.4) is 0 Å². The maximum atomic E-state index is 13.4. The van der Waals surface area contributed by atoms with Crippen molar-refractivity contribution < 1.29 is 18.8 Å². The van der Waals surface area contributed by atoms with Gasteiger partial charge in [-0.15, -0.1) is 0 Å². The fourth-order valence-corrected chi connectivity index (χ4v) is 3.87. The Morgan fingerprint density at radius 2 is 1.92 bits per heavy atom. The maximum Gasteiger partial charge on any atom is 0.315 e. The topological polar surface area (TPSA) is 122 Å². The molecule has 0 unspecified atom stereocenters. The van der Waals surface area contributed by atoms with E-state index in [1.807, 2.05) is 24.3 Å². The smallest absolute Gasteiger partial charge is 0.315 e. The molecule has 180 valence electrons. The van der Waals surface area contributed by atoms with Gasteiger partial charge in [0.2, 0.25) is 11.6 Å². The Morgan fingerprint density at radius 1 is 1.14 bits per heavy atom. The van der Waals surface area contributed by atoms with Crippen molar-refractivity contribution in [3.63, 3.8) is 0 Å². The second-order valence-corrected chi connectivity index (χ2v) is 7.72. The average molecular weight is 484 g/mol. The number of ether oxygens (including phenoxy) is 2. The lowest BCUT2D eigenvalue weighted by Gasteiger charge is -2.10. The molecule has 0 aliphatic rings. The van der Waals surface area contributed by atoms with Gasteiger partial charge in [0.1, 0.15) is 5.58 Å². The lowest BCUT2D eigenvalue weighted by molar-refractivity contribution is -0.385. The first-order valence-corrected chi connectivity index (χ1v) is 11.0. The molecule has 2 heterocycles. The van der Waals surface area contributed by atoms with E-state index in [2.05, 4.69) is 10.1 Å². The van der Waals surface area contributed by atoms with Crippen LogP contribution in [-0.2, 0) is 0 Å². The van der Waals surface area contributed by atoms with Crippen LogP contribution in [0.4, 0.5) is 5.69 Å². The maximum absolute atomic E-state index is 13.4. The summed E-state index contributed by atoms with van der Waals surface area (Å²) in [6.07, 6.45) is 1.33. The minimum atomic E-state index is -0.561. The fourth-order valence-electron chi connectivity index (χ4n) is 3.87. The summed E-state index contributed by atoms with van der Waals surface area (Å²) >= 11 is 0. The number of fused-ring (bicyclic) bond motifs is 2. The van der Waals surface area contributed by atoms with Crippen molar-refractivity contribution in [2.45, 2.75) is 6.92 Å². The van der Waals surface area contributed by atoms with Crippen molar-refractivity contribution in [2.24, 2.45) is 5.10 Å². The average Bonchev–Trinajstić information content (AvgIpc) is 3.32. The van der Waals surface area contributed by atoms with Crippen molar-refractivity contribution in [1.82, 2.24) is 9.66 Å². The number of methoxy groups -OCH3 is 1. The predicted octanol–water partition coefficient (Wildman–Crippen LogP) is 5.01. The second kappa shape index (κ2) is 9.34. The Labute approximate surface area is 204 Å². The molecule has 5 aromatic rings. The third-order valence-electron chi connectivity index (χ3n) is 5.48. The second-order valence-electron chi connectivity index (χ2n) is 7.72. The van der Waals surface area contributed by atoms with Gasteiger partial charge in [-0.05, 0) is 37.3 Å². The van der Waals surface area contributed by atoms with E-state index in [9.17, 15) is 14.9 Å². The summed E-state index contributed by atoms with van der Waals surface area (Å²) in [5.74, 6) is 0.744. The zero-order chi connectivity index (χ0) is 25.2. The Morgan fingerprint density at radius 3 is 2.67 bits per heavy atom. The first kappa shape index (κ1) is 22.8. The van der Waals surface area contributed by atoms with Crippen LogP contribution in [0.2, 0.25) is 0 Å². The molecule has 0 aliphatic heterocycles. The number of benzene rings is 3. The largest absolute Gasteiger partial charge is 0.493 e. The Hall–Kier alpha value is -4.99. The van der Waals surface area contributed by atoms with E-state index in [4.69, 9.17) is 13.9 Å². The van der Waals surface area contributed by atoms with Gasteiger partial charge in [-0.2, -0.15) is 9.78 Å². The molecule has 0 atom stereocenters. The molecule has 36 heavy (non-hydrogen) atoms. The molecule has 0 saturated carbocycles. The zero-order valence-corrected chi connectivity index (χ0v) is 19.4. The zero-order valence-electron chi connectivity index (χ0n) is 19.4. The van der Waals surface area contributed by atoms with Gasteiger partial charge in [0, 0.05) is 17.0 Å². The molecule has 2 aromatic heterocycles. The highest BCUT2D eigenvalue weighted by Gasteiger charge is 2.22. The monoisotopic (exact) mass is 484 g/mol. The summed E-state index contributed by atoms with van der Waals surface area (Å²) in [5, 5.41) is 17.2. The summed E-state index contributed by atoms with van der Waals surface area (Å²) in [7, 11) is 1.39. The number of nitro groups is 1. The summed E-state index contributed by atoms with van der Waals surface area (Å²) in [6.45, 7) is 1.95. The highest BCUT2D eigenvalue weighted by molar-refractivity contribution is 5.85. The third-order valence-corrected chi connectivity index (χ3v) is 5.48. The van der Waals surface area contributed by atoms with Gasteiger partial charge in [-0.1, -0.05) is 30.3 Å². The summed E-state index contributed by atoms with van der Waals surface area (Å²) < 4.78 is 17.8. The Kier molecular flexibility index (Phi) is 5.91. The number of aromatic nitrogens is 2. The molecule has 0 N–H and O–H groups in total. The van der Waals surface area contributed by atoms with E-state index in [0.29, 0.717) is 27.8 Å². The van der Waals surface area contributed by atoms with Gasteiger partial charge >= 0.3 is 5.69 Å². The molecule has 0 bridgehead atoms. The molecular formula is C26H20N4O6. The first-order chi connectivity index (χ1) is 17.5. The number of para-hydroxylation sites is 2. The summed E-state index contributed by atoms with van der Waals surface area (Å²) in [4.78, 5) is 29.1. The van der Waals surface area contributed by atoms with E-state index in [0.717, 1.165) is 10.1 Å². The number of hydrogen-bond acceptors (Lipinski definition) is 8. The Bertz CT molecular complexity index is 1670. The number of rotatable bonds is 7. The van der Waals surface area contributed by atoms with Crippen molar-refractivity contribution in [1.29, 1.82) is 0 Å². The van der Waals surface area contributed by atoms with E-state index in [-0.39, 0.29) is 29.6 Å². The number of nitrogens with zero attached hydrogens (tertiary/aromatic N) is 4.